The summed E-state index contributed by atoms with van der Waals surface area (Å²) in [5, 5.41) is 0. The van der Waals surface area contributed by atoms with Crippen LogP contribution in [0.2, 0.25) is 0 Å². The predicted octanol–water partition coefficient (Wildman–Crippen LogP) is 5.44. The molecule has 202 valence electrons. The van der Waals surface area contributed by atoms with E-state index in [0.29, 0.717) is 18.6 Å². The van der Waals surface area contributed by atoms with Gasteiger partial charge >= 0.3 is 0 Å². The molecule has 2 aliphatic heterocycles. The van der Waals surface area contributed by atoms with Gasteiger partial charge in [-0.15, -0.1) is 0 Å². The summed E-state index contributed by atoms with van der Waals surface area (Å²) < 4.78 is 25.7. The molecule has 1 unspecified atom stereocenters. The summed E-state index contributed by atoms with van der Waals surface area (Å²) in [6.07, 6.45) is 8.79. The molecular formula is C33H41NO4. The van der Waals surface area contributed by atoms with Crippen LogP contribution < -0.4 is 9.47 Å². The molecular weight excluding hydrogens is 474 g/mol. The van der Waals surface area contributed by atoms with Gasteiger partial charge in [0.05, 0.1) is 20.3 Å². The van der Waals surface area contributed by atoms with Crippen LogP contribution in [0.4, 0.5) is 0 Å². The number of piperidine rings is 1. The minimum absolute atomic E-state index is 0.0768. The van der Waals surface area contributed by atoms with E-state index in [-0.39, 0.29) is 22.5 Å². The average molecular weight is 516 g/mol. The van der Waals surface area contributed by atoms with Gasteiger partial charge < -0.3 is 18.9 Å². The zero-order valence-electron chi connectivity index (χ0n) is 23.1. The van der Waals surface area contributed by atoms with Crippen LogP contribution in [-0.2, 0) is 27.9 Å². The molecule has 1 saturated heterocycles. The highest BCUT2D eigenvalue weighted by Crippen LogP contribution is 2.76. The maximum atomic E-state index is 7.17. The third-order valence-electron chi connectivity index (χ3n) is 11.8. The van der Waals surface area contributed by atoms with Crippen LogP contribution >= 0.6 is 0 Å². The molecule has 2 aromatic rings. The van der Waals surface area contributed by atoms with E-state index in [9.17, 15) is 0 Å². The van der Waals surface area contributed by atoms with E-state index in [0.717, 1.165) is 24.7 Å². The largest absolute Gasteiger partial charge is 0.497 e. The van der Waals surface area contributed by atoms with E-state index in [1.54, 1.807) is 18.2 Å². The van der Waals surface area contributed by atoms with E-state index in [1.807, 2.05) is 19.2 Å². The smallest absolute Gasteiger partial charge is 0.138 e. The van der Waals surface area contributed by atoms with Crippen molar-refractivity contribution in [1.82, 2.24) is 4.90 Å². The van der Waals surface area contributed by atoms with Gasteiger partial charge in [-0.2, -0.15) is 0 Å². The highest BCUT2D eigenvalue weighted by atomic mass is 16.6. The molecule has 5 heteroatoms. The molecule has 0 radical (unpaired) electrons. The van der Waals surface area contributed by atoms with Gasteiger partial charge in [0.25, 0.3) is 0 Å². The Hall–Kier alpha value is -2.08. The molecule has 2 heterocycles. The molecule has 9 rings (SSSR count). The molecule has 4 saturated carbocycles. The summed E-state index contributed by atoms with van der Waals surface area (Å²) in [7, 11) is 3.65. The minimum Gasteiger partial charge on any atom is -0.497 e. The Morgan fingerprint density at radius 2 is 1.87 bits per heavy atom. The third-order valence-corrected chi connectivity index (χ3v) is 11.8. The molecule has 0 N–H and O–H groups in total. The maximum absolute atomic E-state index is 7.17. The van der Waals surface area contributed by atoms with Gasteiger partial charge in [0.1, 0.15) is 23.2 Å². The average Bonchev–Trinajstić information content (AvgIpc) is 3.69. The summed E-state index contributed by atoms with van der Waals surface area (Å²) in [6.45, 7) is 6.06. The number of nitrogens with zero attached hydrogens (tertiary/aromatic N) is 1. The van der Waals surface area contributed by atoms with Crippen LogP contribution in [0, 0.1) is 24.2 Å². The Bertz CT molecular complexity index is 1260. The normalized spacial score (nSPS) is 38.1. The Balaban J connectivity index is 1.17. The molecule has 5 aliphatic carbocycles. The first kappa shape index (κ1) is 23.8. The summed E-state index contributed by atoms with van der Waals surface area (Å²) >= 11 is 0. The van der Waals surface area contributed by atoms with E-state index in [4.69, 9.17) is 18.9 Å². The summed E-state index contributed by atoms with van der Waals surface area (Å²) in [5.74, 6) is 3.32. The van der Waals surface area contributed by atoms with Crippen molar-refractivity contribution in [2.45, 2.75) is 81.6 Å². The summed E-state index contributed by atoms with van der Waals surface area (Å²) in [4.78, 5) is 2.92. The van der Waals surface area contributed by atoms with E-state index >= 15 is 0 Å². The zero-order valence-corrected chi connectivity index (χ0v) is 23.1. The molecule has 7 aliphatic rings. The van der Waals surface area contributed by atoms with Gasteiger partial charge in [-0.05, 0) is 93.2 Å². The van der Waals surface area contributed by atoms with Gasteiger partial charge in [0.2, 0.25) is 0 Å². The lowest BCUT2D eigenvalue weighted by atomic mass is 9.35. The number of rotatable bonds is 8. The third kappa shape index (κ3) is 2.93. The second kappa shape index (κ2) is 8.22. The van der Waals surface area contributed by atoms with Crippen molar-refractivity contribution >= 4 is 0 Å². The summed E-state index contributed by atoms with van der Waals surface area (Å²) in [6, 6.07) is 13.6. The van der Waals surface area contributed by atoms with E-state index in [2.05, 4.69) is 36.1 Å². The van der Waals surface area contributed by atoms with Crippen molar-refractivity contribution in [1.29, 1.82) is 0 Å². The zero-order chi connectivity index (χ0) is 25.7. The fraction of sp³-hybridized carbons (Fsp3) is 0.636. The Kier molecular flexibility index (Phi) is 5.14. The molecule has 0 aromatic heterocycles. The van der Waals surface area contributed by atoms with Crippen LogP contribution in [0.1, 0.15) is 60.8 Å². The van der Waals surface area contributed by atoms with Gasteiger partial charge in [-0.1, -0.05) is 24.3 Å². The minimum atomic E-state index is -0.301. The van der Waals surface area contributed by atoms with Crippen LogP contribution in [0.25, 0.3) is 0 Å². The lowest BCUT2D eigenvalue weighted by Crippen LogP contribution is -2.81. The number of aryl methyl sites for hydroxylation is 1. The summed E-state index contributed by atoms with van der Waals surface area (Å²) in [5.41, 5.74) is 5.62. The van der Waals surface area contributed by atoms with Gasteiger partial charge in [-0.3, -0.25) is 4.90 Å². The quantitative estimate of drug-likeness (QED) is 0.468. The Morgan fingerprint density at radius 1 is 1.03 bits per heavy atom. The lowest BCUT2D eigenvalue weighted by Gasteiger charge is -2.74. The standard InChI is InChI=1S/C33H41NO4/c1-21-4-9-24-16-27-31-12-13-33(36-3,25(17-31)20-37-19-23-7-10-26(35-2)11-8-23)30-32(31,28(24)29(21)38-30)14-15-34(27)18-22-5-6-22/h4,7-11,22,25,27,30H,5-6,12-20H2,1-3H3/t25-,27-,30?,31-,32+,33-/m1/s1. The first-order valence-corrected chi connectivity index (χ1v) is 14.8. The number of benzene rings is 2. The van der Waals surface area contributed by atoms with Crippen molar-refractivity contribution in [2.75, 3.05) is 33.9 Å². The van der Waals surface area contributed by atoms with Gasteiger partial charge in [-0.25, -0.2) is 0 Å². The number of fused-ring (bicyclic) bond motifs is 2. The first-order valence-electron chi connectivity index (χ1n) is 14.8. The van der Waals surface area contributed by atoms with Crippen molar-refractivity contribution in [2.24, 2.45) is 17.3 Å². The topological polar surface area (TPSA) is 40.2 Å². The second-order valence-electron chi connectivity index (χ2n) is 13.2. The number of methoxy groups -OCH3 is 2. The van der Waals surface area contributed by atoms with Crippen LogP contribution in [0.15, 0.2) is 36.4 Å². The number of ether oxygens (including phenoxy) is 4. The lowest BCUT2D eigenvalue weighted by molar-refractivity contribution is -0.283. The maximum Gasteiger partial charge on any atom is 0.138 e. The Morgan fingerprint density at radius 3 is 2.63 bits per heavy atom. The monoisotopic (exact) mass is 515 g/mol. The molecule has 4 bridgehead atoms. The van der Waals surface area contributed by atoms with Crippen LogP contribution in [-0.4, -0.2) is 56.6 Å². The fourth-order valence-corrected chi connectivity index (χ4v) is 9.93. The highest BCUT2D eigenvalue weighted by Gasteiger charge is 2.80. The van der Waals surface area contributed by atoms with E-state index < -0.39 is 0 Å². The molecule has 38 heavy (non-hydrogen) atoms. The molecule has 2 aromatic carbocycles. The van der Waals surface area contributed by atoms with Crippen molar-refractivity contribution < 1.29 is 18.9 Å². The van der Waals surface area contributed by atoms with Crippen molar-refractivity contribution in [3.8, 4) is 11.5 Å². The highest BCUT2D eigenvalue weighted by molar-refractivity contribution is 5.61. The molecule has 0 amide bonds. The molecule has 5 fully saturated rings. The molecule has 2 spiro atoms. The van der Waals surface area contributed by atoms with Crippen molar-refractivity contribution in [3.05, 3.63) is 58.7 Å². The number of hydrogen-bond acceptors (Lipinski definition) is 5. The van der Waals surface area contributed by atoms with Gasteiger partial charge in [0.15, 0.2) is 0 Å². The first-order chi connectivity index (χ1) is 18.5. The predicted molar refractivity (Wildman–Crippen MR) is 146 cm³/mol. The fourth-order valence-electron chi connectivity index (χ4n) is 9.93. The second-order valence-corrected chi connectivity index (χ2v) is 13.2. The van der Waals surface area contributed by atoms with E-state index in [1.165, 1.54) is 68.5 Å². The van der Waals surface area contributed by atoms with Crippen molar-refractivity contribution in [3.63, 3.8) is 0 Å². The SMILES string of the molecule is COc1ccc(COC[C@H]2C[C@@]34CC[C@]2(OC)C2Oc5c(C)ccc6c5[C@@]23CCN(CC2CC2)[C@@H]4C6)cc1. The number of likely N-dealkylation sites (tertiary alicyclic amines) is 1. The Labute approximate surface area is 226 Å². The number of hydrogen-bond donors (Lipinski definition) is 0. The van der Waals surface area contributed by atoms with Crippen LogP contribution in [0.5, 0.6) is 11.5 Å². The van der Waals surface area contributed by atoms with Crippen LogP contribution in [0.3, 0.4) is 0 Å². The molecule has 5 nitrogen and oxygen atoms in total. The molecule has 6 atom stereocenters. The van der Waals surface area contributed by atoms with Gasteiger partial charge in [0, 0.05) is 42.0 Å².